The van der Waals surface area contributed by atoms with Crippen LogP contribution in [0.15, 0.2) is 48.7 Å². The number of aliphatic carboxylic acids is 2. The van der Waals surface area contributed by atoms with Crippen LogP contribution < -0.4 is 19.5 Å². The summed E-state index contributed by atoms with van der Waals surface area (Å²) in [6.07, 6.45) is 1.35. The SMILES string of the molecule is COc1cc2nccc(Oc3ccc(NC(=O)C4(C(=O)O)CC4C(=O)O)cc3)c2cc1OC. The normalized spacial score (nSPS) is 18.9. The zero-order valence-corrected chi connectivity index (χ0v) is 17.7. The second-order valence-corrected chi connectivity index (χ2v) is 7.49. The molecule has 1 amide bonds. The topological polar surface area (TPSA) is 144 Å². The number of benzene rings is 2. The number of carboxylic acid groups (broad SMARTS) is 2. The fraction of sp³-hybridized carbons (Fsp3) is 0.217. The van der Waals surface area contributed by atoms with Crippen molar-refractivity contribution in [2.24, 2.45) is 11.3 Å². The number of methoxy groups -OCH3 is 2. The van der Waals surface area contributed by atoms with E-state index in [1.54, 1.807) is 36.5 Å². The number of amides is 1. The number of ether oxygens (including phenoxy) is 3. The van der Waals surface area contributed by atoms with Gasteiger partial charge in [-0.25, -0.2) is 0 Å². The van der Waals surface area contributed by atoms with Crippen LogP contribution in [0.1, 0.15) is 6.42 Å². The molecule has 2 aromatic carbocycles. The standard InChI is InChI=1S/C23H20N2O8/c1-31-18-9-14-16(10-19(18)32-2)24-8-7-17(14)33-13-5-3-12(4-6-13)25-21(28)23(22(29)30)11-15(23)20(26)27/h3-10,15H,11H2,1-2H3,(H,25,28)(H,26,27)(H,29,30). The first-order valence-electron chi connectivity index (χ1n) is 9.86. The lowest BCUT2D eigenvalue weighted by Gasteiger charge is -2.14. The summed E-state index contributed by atoms with van der Waals surface area (Å²) in [6, 6.07) is 11.4. The minimum absolute atomic E-state index is 0.242. The molecule has 1 fully saturated rings. The molecule has 1 aromatic heterocycles. The first kappa shape index (κ1) is 21.9. The molecular weight excluding hydrogens is 432 g/mol. The number of rotatable bonds is 8. The molecule has 2 unspecified atom stereocenters. The molecule has 1 saturated carbocycles. The van der Waals surface area contributed by atoms with Gasteiger partial charge in [0.25, 0.3) is 0 Å². The fourth-order valence-corrected chi connectivity index (χ4v) is 3.66. The van der Waals surface area contributed by atoms with E-state index >= 15 is 0 Å². The van der Waals surface area contributed by atoms with Gasteiger partial charge in [0.1, 0.15) is 11.5 Å². The number of carbonyl (C=O) groups excluding carboxylic acids is 1. The van der Waals surface area contributed by atoms with Crippen LogP contribution in [0.2, 0.25) is 0 Å². The van der Waals surface area contributed by atoms with E-state index in [1.807, 2.05) is 0 Å². The number of aromatic nitrogens is 1. The van der Waals surface area contributed by atoms with Crippen molar-refractivity contribution in [3.05, 3.63) is 48.7 Å². The van der Waals surface area contributed by atoms with Crippen LogP contribution in [-0.2, 0) is 14.4 Å². The third-order valence-corrected chi connectivity index (χ3v) is 5.59. The van der Waals surface area contributed by atoms with E-state index in [2.05, 4.69) is 10.3 Å². The Morgan fingerprint density at radius 2 is 1.67 bits per heavy atom. The van der Waals surface area contributed by atoms with E-state index < -0.39 is 29.2 Å². The van der Waals surface area contributed by atoms with E-state index in [9.17, 15) is 19.5 Å². The molecule has 3 aromatic rings. The Balaban J connectivity index is 1.53. The summed E-state index contributed by atoms with van der Waals surface area (Å²) >= 11 is 0. The number of hydrogen-bond donors (Lipinski definition) is 3. The van der Waals surface area contributed by atoms with Crippen molar-refractivity contribution in [3.8, 4) is 23.0 Å². The number of carboxylic acids is 2. The smallest absolute Gasteiger partial charge is 0.320 e. The molecule has 0 bridgehead atoms. The number of nitrogens with zero attached hydrogens (tertiary/aromatic N) is 1. The molecule has 1 heterocycles. The Kier molecular flexibility index (Phi) is 5.50. The van der Waals surface area contributed by atoms with Crippen LogP contribution in [0.4, 0.5) is 5.69 Å². The molecule has 0 aliphatic heterocycles. The largest absolute Gasteiger partial charge is 0.493 e. The van der Waals surface area contributed by atoms with E-state index in [0.29, 0.717) is 39.6 Å². The second kappa shape index (κ2) is 8.30. The molecule has 4 rings (SSSR count). The molecule has 1 aliphatic carbocycles. The molecule has 0 radical (unpaired) electrons. The molecule has 170 valence electrons. The van der Waals surface area contributed by atoms with Crippen molar-refractivity contribution in [2.75, 3.05) is 19.5 Å². The summed E-state index contributed by atoms with van der Waals surface area (Å²) in [7, 11) is 3.07. The minimum atomic E-state index is -1.95. The maximum absolute atomic E-state index is 12.5. The highest BCUT2D eigenvalue weighted by atomic mass is 16.5. The maximum atomic E-state index is 12.5. The van der Waals surface area contributed by atoms with Crippen LogP contribution in [-0.4, -0.2) is 47.3 Å². The Labute approximate surface area is 187 Å². The van der Waals surface area contributed by atoms with Crippen LogP contribution in [0.25, 0.3) is 10.9 Å². The van der Waals surface area contributed by atoms with Gasteiger partial charge in [0.2, 0.25) is 5.91 Å². The van der Waals surface area contributed by atoms with Gasteiger partial charge in [-0.1, -0.05) is 0 Å². The predicted octanol–water partition coefficient (Wildman–Crippen LogP) is 3.16. The lowest BCUT2D eigenvalue weighted by Crippen LogP contribution is -2.34. The summed E-state index contributed by atoms with van der Waals surface area (Å²) in [4.78, 5) is 39.5. The van der Waals surface area contributed by atoms with Gasteiger partial charge in [-0.05, 0) is 42.8 Å². The van der Waals surface area contributed by atoms with Crippen LogP contribution in [0.3, 0.4) is 0 Å². The number of nitrogens with one attached hydrogen (secondary N) is 1. The Morgan fingerprint density at radius 3 is 2.24 bits per heavy atom. The van der Waals surface area contributed by atoms with Crippen LogP contribution in [0, 0.1) is 11.3 Å². The third-order valence-electron chi connectivity index (χ3n) is 5.59. The van der Waals surface area contributed by atoms with Gasteiger partial charge in [-0.2, -0.15) is 0 Å². The van der Waals surface area contributed by atoms with Gasteiger partial charge in [0.15, 0.2) is 16.9 Å². The number of hydrogen-bond acceptors (Lipinski definition) is 7. The zero-order chi connectivity index (χ0) is 23.8. The molecule has 2 atom stereocenters. The average Bonchev–Trinajstić information content (AvgIpc) is 3.57. The number of pyridine rings is 1. The summed E-state index contributed by atoms with van der Waals surface area (Å²) in [6.45, 7) is 0. The van der Waals surface area contributed by atoms with Crippen molar-refractivity contribution >= 4 is 34.4 Å². The number of fused-ring (bicyclic) bond motifs is 1. The molecule has 0 saturated heterocycles. The van der Waals surface area contributed by atoms with Crippen molar-refractivity contribution in [1.82, 2.24) is 4.98 Å². The lowest BCUT2D eigenvalue weighted by atomic mass is 10.0. The summed E-state index contributed by atoms with van der Waals surface area (Å²) in [5.41, 5.74) is -0.989. The van der Waals surface area contributed by atoms with E-state index in [4.69, 9.17) is 19.3 Å². The highest BCUT2D eigenvalue weighted by Crippen LogP contribution is 2.53. The van der Waals surface area contributed by atoms with Gasteiger partial charge in [-0.3, -0.25) is 19.4 Å². The van der Waals surface area contributed by atoms with Gasteiger partial charge in [-0.15, -0.1) is 0 Å². The molecule has 10 nitrogen and oxygen atoms in total. The lowest BCUT2D eigenvalue weighted by molar-refractivity contribution is -0.152. The molecule has 1 aliphatic rings. The van der Waals surface area contributed by atoms with Crippen molar-refractivity contribution < 1.29 is 38.8 Å². The van der Waals surface area contributed by atoms with E-state index in [0.717, 1.165) is 0 Å². The number of anilines is 1. The third kappa shape index (κ3) is 3.86. The maximum Gasteiger partial charge on any atom is 0.320 e. The van der Waals surface area contributed by atoms with Gasteiger partial charge in [0, 0.05) is 23.3 Å². The average molecular weight is 452 g/mol. The van der Waals surface area contributed by atoms with Crippen LogP contribution >= 0.6 is 0 Å². The Morgan fingerprint density at radius 1 is 1.00 bits per heavy atom. The van der Waals surface area contributed by atoms with Gasteiger partial charge < -0.3 is 29.7 Å². The quantitative estimate of drug-likeness (QED) is 0.439. The predicted molar refractivity (Wildman–Crippen MR) is 116 cm³/mol. The highest BCUT2D eigenvalue weighted by Gasteiger charge is 2.70. The van der Waals surface area contributed by atoms with Crippen molar-refractivity contribution in [3.63, 3.8) is 0 Å². The summed E-state index contributed by atoms with van der Waals surface area (Å²) in [5, 5.41) is 21.6. The Bertz CT molecular complexity index is 1260. The van der Waals surface area contributed by atoms with Gasteiger partial charge >= 0.3 is 11.9 Å². The molecule has 0 spiro atoms. The number of carbonyl (C=O) groups is 3. The molecule has 33 heavy (non-hydrogen) atoms. The monoisotopic (exact) mass is 452 g/mol. The Hall–Kier alpha value is -4.34. The first-order valence-corrected chi connectivity index (χ1v) is 9.86. The molecule has 10 heteroatoms. The molecule has 3 N–H and O–H groups in total. The zero-order valence-electron chi connectivity index (χ0n) is 17.7. The summed E-state index contributed by atoms with van der Waals surface area (Å²) < 4.78 is 16.6. The highest BCUT2D eigenvalue weighted by molar-refractivity contribution is 6.14. The van der Waals surface area contributed by atoms with E-state index in [1.165, 1.54) is 26.4 Å². The van der Waals surface area contributed by atoms with Crippen LogP contribution in [0.5, 0.6) is 23.0 Å². The first-order chi connectivity index (χ1) is 15.8. The van der Waals surface area contributed by atoms with Gasteiger partial charge in [0.05, 0.1) is 25.7 Å². The van der Waals surface area contributed by atoms with Crippen molar-refractivity contribution in [2.45, 2.75) is 6.42 Å². The second-order valence-electron chi connectivity index (χ2n) is 7.49. The summed E-state index contributed by atoms with van der Waals surface area (Å²) in [5.74, 6) is -2.84. The van der Waals surface area contributed by atoms with E-state index in [-0.39, 0.29) is 6.42 Å². The fourth-order valence-electron chi connectivity index (χ4n) is 3.66. The molecular formula is C23H20N2O8. The van der Waals surface area contributed by atoms with Crippen molar-refractivity contribution in [1.29, 1.82) is 0 Å². The minimum Gasteiger partial charge on any atom is -0.493 e.